The third-order valence-corrected chi connectivity index (χ3v) is 2.24. The summed E-state index contributed by atoms with van der Waals surface area (Å²) < 4.78 is 15.7. The molecule has 4 heteroatoms. The molecule has 2 N–H and O–H groups in total. The standard InChI is InChI=1S/C12H19NO3/c1-14-6-3-7-16-12-8-11(15-2)5-4-10(12)9-13/h4-5,8H,3,6-7,9,13H2,1-2H3. The highest BCUT2D eigenvalue weighted by atomic mass is 16.5. The molecular weight excluding hydrogens is 206 g/mol. The van der Waals surface area contributed by atoms with Gasteiger partial charge in [-0.15, -0.1) is 0 Å². The molecule has 1 aromatic carbocycles. The second kappa shape index (κ2) is 7.09. The molecule has 0 saturated heterocycles. The lowest BCUT2D eigenvalue weighted by molar-refractivity contribution is 0.171. The molecule has 0 fully saturated rings. The van der Waals surface area contributed by atoms with Crippen molar-refractivity contribution in [2.24, 2.45) is 5.73 Å². The minimum Gasteiger partial charge on any atom is -0.497 e. The molecule has 0 saturated carbocycles. The summed E-state index contributed by atoms with van der Waals surface area (Å²) in [6.07, 6.45) is 0.859. The van der Waals surface area contributed by atoms with Crippen LogP contribution in [0.4, 0.5) is 0 Å². The van der Waals surface area contributed by atoms with Gasteiger partial charge in [0, 0.05) is 38.3 Å². The fourth-order valence-electron chi connectivity index (χ4n) is 1.35. The summed E-state index contributed by atoms with van der Waals surface area (Å²) >= 11 is 0. The number of methoxy groups -OCH3 is 2. The highest BCUT2D eigenvalue weighted by Crippen LogP contribution is 2.24. The summed E-state index contributed by atoms with van der Waals surface area (Å²) in [7, 11) is 3.31. The lowest BCUT2D eigenvalue weighted by Crippen LogP contribution is -2.05. The van der Waals surface area contributed by atoms with E-state index in [9.17, 15) is 0 Å². The van der Waals surface area contributed by atoms with Crippen LogP contribution in [0, 0.1) is 0 Å². The van der Waals surface area contributed by atoms with Crippen LogP contribution in [0.1, 0.15) is 12.0 Å². The zero-order valence-electron chi connectivity index (χ0n) is 9.86. The van der Waals surface area contributed by atoms with Gasteiger partial charge in [0.15, 0.2) is 0 Å². The van der Waals surface area contributed by atoms with Crippen molar-refractivity contribution < 1.29 is 14.2 Å². The quantitative estimate of drug-likeness (QED) is 0.716. The molecule has 0 aliphatic carbocycles. The van der Waals surface area contributed by atoms with Crippen molar-refractivity contribution >= 4 is 0 Å². The van der Waals surface area contributed by atoms with Crippen LogP contribution in [0.3, 0.4) is 0 Å². The Morgan fingerprint density at radius 1 is 1.19 bits per heavy atom. The van der Waals surface area contributed by atoms with E-state index >= 15 is 0 Å². The molecule has 0 spiro atoms. The first kappa shape index (κ1) is 12.8. The first-order valence-electron chi connectivity index (χ1n) is 5.30. The Labute approximate surface area is 96.3 Å². The van der Waals surface area contributed by atoms with Crippen LogP contribution >= 0.6 is 0 Å². The maximum absolute atomic E-state index is 5.63. The third kappa shape index (κ3) is 3.72. The highest BCUT2D eigenvalue weighted by Gasteiger charge is 2.04. The van der Waals surface area contributed by atoms with Gasteiger partial charge in [-0.3, -0.25) is 0 Å². The Bertz CT molecular complexity index is 315. The fraction of sp³-hybridized carbons (Fsp3) is 0.500. The van der Waals surface area contributed by atoms with Crippen LogP contribution in [0.15, 0.2) is 18.2 Å². The molecule has 0 amide bonds. The van der Waals surface area contributed by atoms with Crippen LogP contribution in [-0.2, 0) is 11.3 Å². The van der Waals surface area contributed by atoms with Gasteiger partial charge in [-0.25, -0.2) is 0 Å². The van der Waals surface area contributed by atoms with Gasteiger partial charge in [0.25, 0.3) is 0 Å². The van der Waals surface area contributed by atoms with E-state index in [1.54, 1.807) is 14.2 Å². The monoisotopic (exact) mass is 225 g/mol. The van der Waals surface area contributed by atoms with Gasteiger partial charge < -0.3 is 19.9 Å². The summed E-state index contributed by atoms with van der Waals surface area (Å²) in [5.41, 5.74) is 6.61. The number of ether oxygens (including phenoxy) is 3. The lowest BCUT2D eigenvalue weighted by atomic mass is 10.2. The Morgan fingerprint density at radius 2 is 2.00 bits per heavy atom. The summed E-state index contributed by atoms with van der Waals surface area (Å²) in [4.78, 5) is 0. The van der Waals surface area contributed by atoms with Crippen LogP contribution in [0.25, 0.3) is 0 Å². The molecule has 0 heterocycles. The van der Waals surface area contributed by atoms with E-state index < -0.39 is 0 Å². The molecule has 16 heavy (non-hydrogen) atoms. The van der Waals surface area contributed by atoms with Gasteiger partial charge in [0.05, 0.1) is 13.7 Å². The van der Waals surface area contributed by atoms with Crippen molar-refractivity contribution in [1.29, 1.82) is 0 Å². The smallest absolute Gasteiger partial charge is 0.127 e. The van der Waals surface area contributed by atoms with E-state index in [-0.39, 0.29) is 0 Å². The van der Waals surface area contributed by atoms with Gasteiger partial charge in [-0.1, -0.05) is 6.07 Å². The number of hydrogen-bond donors (Lipinski definition) is 1. The fourth-order valence-corrected chi connectivity index (χ4v) is 1.35. The topological polar surface area (TPSA) is 53.7 Å². The van der Waals surface area contributed by atoms with Gasteiger partial charge >= 0.3 is 0 Å². The summed E-state index contributed by atoms with van der Waals surface area (Å²) in [6, 6.07) is 5.66. The Balaban J connectivity index is 2.60. The SMILES string of the molecule is COCCCOc1cc(OC)ccc1CN. The van der Waals surface area contributed by atoms with Crippen LogP contribution in [-0.4, -0.2) is 27.4 Å². The number of rotatable bonds is 7. The van der Waals surface area contributed by atoms with E-state index in [2.05, 4.69) is 0 Å². The maximum atomic E-state index is 5.63. The summed E-state index contributed by atoms with van der Waals surface area (Å²) in [6.45, 7) is 1.78. The zero-order valence-corrected chi connectivity index (χ0v) is 9.86. The third-order valence-electron chi connectivity index (χ3n) is 2.24. The number of hydrogen-bond acceptors (Lipinski definition) is 4. The van der Waals surface area contributed by atoms with E-state index in [0.29, 0.717) is 19.8 Å². The van der Waals surface area contributed by atoms with Crippen molar-refractivity contribution in [3.63, 3.8) is 0 Å². The van der Waals surface area contributed by atoms with E-state index in [0.717, 1.165) is 23.5 Å². The molecule has 4 nitrogen and oxygen atoms in total. The molecular formula is C12H19NO3. The predicted molar refractivity (Wildman–Crippen MR) is 62.9 cm³/mol. The molecule has 0 aromatic heterocycles. The summed E-state index contributed by atoms with van der Waals surface area (Å²) in [5.74, 6) is 1.57. The van der Waals surface area contributed by atoms with Crippen LogP contribution in [0.5, 0.6) is 11.5 Å². The van der Waals surface area contributed by atoms with Crippen molar-refractivity contribution in [3.8, 4) is 11.5 Å². The summed E-state index contributed by atoms with van der Waals surface area (Å²) in [5, 5.41) is 0. The van der Waals surface area contributed by atoms with Crippen molar-refractivity contribution in [1.82, 2.24) is 0 Å². The maximum Gasteiger partial charge on any atom is 0.127 e. The van der Waals surface area contributed by atoms with Gasteiger partial charge in [-0.05, 0) is 6.07 Å². The van der Waals surface area contributed by atoms with Crippen LogP contribution in [0.2, 0.25) is 0 Å². The largest absolute Gasteiger partial charge is 0.497 e. The van der Waals surface area contributed by atoms with Crippen molar-refractivity contribution in [2.45, 2.75) is 13.0 Å². The first-order chi connectivity index (χ1) is 7.81. The Hall–Kier alpha value is -1.26. The predicted octanol–water partition coefficient (Wildman–Crippen LogP) is 1.57. The average molecular weight is 225 g/mol. The van der Waals surface area contributed by atoms with Crippen molar-refractivity contribution in [2.75, 3.05) is 27.4 Å². The molecule has 0 unspecified atom stereocenters. The minimum absolute atomic E-state index is 0.462. The van der Waals surface area contributed by atoms with E-state index in [1.807, 2.05) is 18.2 Å². The molecule has 0 radical (unpaired) electrons. The lowest BCUT2D eigenvalue weighted by Gasteiger charge is -2.11. The molecule has 0 aliphatic rings. The van der Waals surface area contributed by atoms with Crippen molar-refractivity contribution in [3.05, 3.63) is 23.8 Å². The van der Waals surface area contributed by atoms with E-state index in [1.165, 1.54) is 0 Å². The molecule has 0 bridgehead atoms. The molecule has 90 valence electrons. The van der Waals surface area contributed by atoms with Gasteiger partial charge in [-0.2, -0.15) is 0 Å². The minimum atomic E-state index is 0.462. The molecule has 0 atom stereocenters. The Morgan fingerprint density at radius 3 is 2.62 bits per heavy atom. The number of benzene rings is 1. The highest BCUT2D eigenvalue weighted by molar-refractivity contribution is 5.40. The zero-order chi connectivity index (χ0) is 11.8. The Kier molecular flexibility index (Phi) is 5.67. The second-order valence-electron chi connectivity index (χ2n) is 3.37. The normalized spacial score (nSPS) is 10.2. The van der Waals surface area contributed by atoms with Crippen LogP contribution < -0.4 is 15.2 Å². The number of nitrogens with two attached hydrogens (primary N) is 1. The first-order valence-corrected chi connectivity index (χ1v) is 5.30. The van der Waals surface area contributed by atoms with Gasteiger partial charge in [0.2, 0.25) is 0 Å². The molecule has 0 aliphatic heterocycles. The molecule has 1 aromatic rings. The average Bonchev–Trinajstić information content (AvgIpc) is 2.34. The van der Waals surface area contributed by atoms with Gasteiger partial charge in [0.1, 0.15) is 11.5 Å². The second-order valence-corrected chi connectivity index (χ2v) is 3.37. The molecule has 1 rings (SSSR count). The van der Waals surface area contributed by atoms with E-state index in [4.69, 9.17) is 19.9 Å².